The molecule has 29 heavy (non-hydrogen) atoms. The van der Waals surface area contributed by atoms with Gasteiger partial charge in [-0.2, -0.15) is 5.10 Å². The summed E-state index contributed by atoms with van der Waals surface area (Å²) in [6.45, 7) is 1.76. The maximum absolute atomic E-state index is 14.3. The number of amides is 1. The number of nitrogens with zero attached hydrogens (tertiary/aromatic N) is 3. The molecule has 1 amide bonds. The molecular weight excluding hydrogens is 382 g/mol. The first kappa shape index (κ1) is 19.0. The third-order valence-corrected chi connectivity index (χ3v) is 4.94. The zero-order valence-electron chi connectivity index (χ0n) is 16.0. The van der Waals surface area contributed by atoms with Crippen molar-refractivity contribution >= 4 is 28.6 Å². The minimum Gasteiger partial charge on any atom is -0.465 e. The van der Waals surface area contributed by atoms with Crippen LogP contribution >= 0.6 is 0 Å². The van der Waals surface area contributed by atoms with E-state index in [1.54, 1.807) is 24.7 Å². The van der Waals surface area contributed by atoms with E-state index >= 15 is 0 Å². The maximum atomic E-state index is 14.3. The van der Waals surface area contributed by atoms with Gasteiger partial charge in [0.15, 0.2) is 5.65 Å². The van der Waals surface area contributed by atoms with Crippen molar-refractivity contribution in [2.45, 2.75) is 25.7 Å². The first-order valence-corrected chi connectivity index (χ1v) is 9.03. The highest BCUT2D eigenvalue weighted by atomic mass is 19.1. The molecule has 0 spiro atoms. The molecule has 7 nitrogen and oxygen atoms in total. The summed E-state index contributed by atoms with van der Waals surface area (Å²) in [7, 11) is 2.82. The van der Waals surface area contributed by atoms with Gasteiger partial charge in [-0.25, -0.2) is 18.6 Å². The number of anilines is 1. The third kappa shape index (κ3) is 3.32. The molecule has 0 unspecified atom stereocenters. The van der Waals surface area contributed by atoms with E-state index in [1.807, 2.05) is 0 Å². The van der Waals surface area contributed by atoms with Crippen LogP contribution in [0, 0.1) is 18.6 Å². The maximum Gasteiger partial charge on any atom is 0.340 e. The molecule has 1 fully saturated rings. The van der Waals surface area contributed by atoms with Crippen molar-refractivity contribution in [1.82, 2.24) is 14.8 Å². The SMILES string of the molecule is COC(=O)c1cc(NC(=O)c2cc(C3CC3)nc3c2c(C)nn3C)c(F)cc1F. The monoisotopic (exact) mass is 400 g/mol. The molecule has 1 aliphatic carbocycles. The van der Waals surface area contributed by atoms with Gasteiger partial charge >= 0.3 is 5.97 Å². The molecule has 3 aromatic rings. The van der Waals surface area contributed by atoms with E-state index in [4.69, 9.17) is 0 Å². The zero-order valence-corrected chi connectivity index (χ0v) is 16.0. The van der Waals surface area contributed by atoms with Crippen LogP contribution in [0.15, 0.2) is 18.2 Å². The Hall–Kier alpha value is -3.36. The fraction of sp³-hybridized carbons (Fsp3) is 0.300. The first-order chi connectivity index (χ1) is 13.8. The molecule has 150 valence electrons. The van der Waals surface area contributed by atoms with E-state index in [-0.39, 0.29) is 11.6 Å². The van der Waals surface area contributed by atoms with E-state index < -0.39 is 29.1 Å². The number of pyridine rings is 1. The van der Waals surface area contributed by atoms with Crippen molar-refractivity contribution in [3.05, 3.63) is 52.3 Å². The van der Waals surface area contributed by atoms with Crippen molar-refractivity contribution < 1.29 is 23.1 Å². The van der Waals surface area contributed by atoms with Crippen molar-refractivity contribution in [2.75, 3.05) is 12.4 Å². The fourth-order valence-electron chi connectivity index (χ4n) is 3.33. The van der Waals surface area contributed by atoms with Crippen LogP contribution in [0.5, 0.6) is 0 Å². The Labute approximate surface area is 164 Å². The molecular formula is C20H18F2N4O3. The van der Waals surface area contributed by atoms with E-state index in [2.05, 4.69) is 20.1 Å². The molecule has 9 heteroatoms. The van der Waals surface area contributed by atoms with Gasteiger partial charge in [0.25, 0.3) is 5.91 Å². The van der Waals surface area contributed by atoms with E-state index in [9.17, 15) is 18.4 Å². The van der Waals surface area contributed by atoms with Gasteiger partial charge in [-0.05, 0) is 31.9 Å². The second-order valence-corrected chi connectivity index (χ2v) is 7.03. The lowest BCUT2D eigenvalue weighted by Crippen LogP contribution is -2.16. The number of methoxy groups -OCH3 is 1. The molecule has 1 saturated carbocycles. The number of hydrogen-bond donors (Lipinski definition) is 1. The fourth-order valence-corrected chi connectivity index (χ4v) is 3.33. The van der Waals surface area contributed by atoms with Gasteiger partial charge in [0.2, 0.25) is 0 Å². The summed E-state index contributed by atoms with van der Waals surface area (Å²) in [5.41, 5.74) is 1.45. The Kier molecular flexibility index (Phi) is 4.52. The topological polar surface area (TPSA) is 86.1 Å². The van der Waals surface area contributed by atoms with Crippen LogP contribution in [0.3, 0.4) is 0 Å². The molecule has 4 rings (SSSR count). The number of carbonyl (C=O) groups excluding carboxylic acids is 2. The Morgan fingerprint density at radius 1 is 1.17 bits per heavy atom. The molecule has 1 aliphatic rings. The number of hydrogen-bond acceptors (Lipinski definition) is 5. The summed E-state index contributed by atoms with van der Waals surface area (Å²) in [5.74, 6) is -3.35. The van der Waals surface area contributed by atoms with Crippen molar-refractivity contribution in [2.24, 2.45) is 7.05 Å². The Bertz CT molecular complexity index is 1170. The van der Waals surface area contributed by atoms with E-state index in [1.165, 1.54) is 0 Å². The van der Waals surface area contributed by atoms with Gasteiger partial charge in [0.05, 0.1) is 35.0 Å². The van der Waals surface area contributed by atoms with Gasteiger partial charge < -0.3 is 10.1 Å². The third-order valence-electron chi connectivity index (χ3n) is 4.94. The van der Waals surface area contributed by atoms with Gasteiger partial charge in [0.1, 0.15) is 11.6 Å². The highest BCUT2D eigenvalue weighted by Gasteiger charge is 2.29. The second-order valence-electron chi connectivity index (χ2n) is 7.03. The van der Waals surface area contributed by atoms with Crippen molar-refractivity contribution in [3.8, 4) is 0 Å². The predicted octanol–water partition coefficient (Wildman–Crippen LogP) is 3.47. The Morgan fingerprint density at radius 3 is 2.55 bits per heavy atom. The quantitative estimate of drug-likeness (QED) is 0.678. The highest BCUT2D eigenvalue weighted by molar-refractivity contribution is 6.13. The lowest BCUT2D eigenvalue weighted by atomic mass is 10.1. The average Bonchev–Trinajstić information content (AvgIpc) is 3.49. The molecule has 0 aliphatic heterocycles. The number of carbonyl (C=O) groups is 2. The van der Waals surface area contributed by atoms with Crippen LogP contribution < -0.4 is 5.32 Å². The molecule has 2 aromatic heterocycles. The molecule has 1 N–H and O–H groups in total. The number of fused-ring (bicyclic) bond motifs is 1. The Balaban J connectivity index is 1.78. The summed E-state index contributed by atoms with van der Waals surface area (Å²) in [6, 6.07) is 3.15. The number of nitrogens with one attached hydrogen (secondary N) is 1. The number of benzene rings is 1. The molecule has 0 saturated heterocycles. The smallest absolute Gasteiger partial charge is 0.340 e. The summed E-state index contributed by atoms with van der Waals surface area (Å²) >= 11 is 0. The van der Waals surface area contributed by atoms with Crippen molar-refractivity contribution in [3.63, 3.8) is 0 Å². The molecule has 0 radical (unpaired) electrons. The minimum atomic E-state index is -1.07. The van der Waals surface area contributed by atoms with E-state index in [0.717, 1.165) is 31.7 Å². The van der Waals surface area contributed by atoms with Gasteiger partial charge in [-0.3, -0.25) is 9.48 Å². The minimum absolute atomic E-state index is 0.287. The zero-order chi connectivity index (χ0) is 20.9. The summed E-state index contributed by atoms with van der Waals surface area (Å²) in [4.78, 5) is 29.3. The molecule has 0 atom stereocenters. The summed E-state index contributed by atoms with van der Waals surface area (Å²) in [5, 5.41) is 7.32. The highest BCUT2D eigenvalue weighted by Crippen LogP contribution is 2.40. The van der Waals surface area contributed by atoms with Gasteiger partial charge in [-0.15, -0.1) is 0 Å². The van der Waals surface area contributed by atoms with Gasteiger partial charge in [0, 0.05) is 24.7 Å². The largest absolute Gasteiger partial charge is 0.465 e. The normalized spacial score (nSPS) is 13.6. The molecule has 2 heterocycles. The van der Waals surface area contributed by atoms with E-state index in [0.29, 0.717) is 28.4 Å². The standard InChI is InChI=1S/C20H18F2N4O3/c1-9-17-12(7-15(10-4-5-10)23-18(17)26(2)25-9)19(27)24-16-6-11(20(28)29-3)13(21)8-14(16)22/h6-8,10H,4-5H2,1-3H3,(H,24,27). The van der Waals surface area contributed by atoms with Crippen LogP contribution in [-0.4, -0.2) is 33.8 Å². The Morgan fingerprint density at radius 2 is 1.90 bits per heavy atom. The predicted molar refractivity (Wildman–Crippen MR) is 101 cm³/mol. The number of esters is 1. The second kappa shape index (κ2) is 6.91. The van der Waals surface area contributed by atoms with Gasteiger partial charge in [-0.1, -0.05) is 0 Å². The van der Waals surface area contributed by atoms with Crippen LogP contribution in [0.25, 0.3) is 11.0 Å². The number of aryl methyl sites for hydroxylation is 2. The van der Waals surface area contributed by atoms with Crippen LogP contribution in [-0.2, 0) is 11.8 Å². The first-order valence-electron chi connectivity index (χ1n) is 9.03. The van der Waals surface area contributed by atoms with Crippen LogP contribution in [0.4, 0.5) is 14.5 Å². The lowest BCUT2D eigenvalue weighted by Gasteiger charge is -2.11. The number of halogens is 2. The van der Waals surface area contributed by atoms with Crippen LogP contribution in [0.2, 0.25) is 0 Å². The molecule has 1 aromatic carbocycles. The number of ether oxygens (including phenoxy) is 1. The van der Waals surface area contributed by atoms with Crippen molar-refractivity contribution in [1.29, 1.82) is 0 Å². The summed E-state index contributed by atoms with van der Waals surface area (Å²) in [6.07, 6.45) is 1.98. The average molecular weight is 400 g/mol. The lowest BCUT2D eigenvalue weighted by molar-refractivity contribution is 0.0595. The number of rotatable bonds is 4. The molecule has 0 bridgehead atoms. The van der Waals surface area contributed by atoms with Crippen LogP contribution in [0.1, 0.15) is 50.9 Å². The summed E-state index contributed by atoms with van der Waals surface area (Å²) < 4.78 is 34.2. The number of aromatic nitrogens is 3.